The quantitative estimate of drug-likeness (QED) is 0.557. The number of fused-ring (bicyclic) bond motifs is 2. The van der Waals surface area contributed by atoms with Gasteiger partial charge in [-0.15, -0.1) is 0 Å². The number of aryl methyl sites for hydroxylation is 2. The van der Waals surface area contributed by atoms with Crippen LogP contribution in [0.5, 0.6) is 0 Å². The lowest BCUT2D eigenvalue weighted by atomic mass is 10.0. The molecule has 2 aromatic rings. The lowest BCUT2D eigenvalue weighted by Gasteiger charge is -2.27. The number of nitrogens with zero attached hydrogens (tertiary/aromatic N) is 1. The number of hydrogen-bond donors (Lipinski definition) is 0. The molecule has 0 spiro atoms. The SMILES string of the molecule is BrCCCCN1c2ccccc2CCc2ccccc21. The predicted octanol–water partition coefficient (Wildman–Crippen LogP) is 5.10. The fourth-order valence-corrected chi connectivity index (χ4v) is 3.37. The van der Waals surface area contributed by atoms with E-state index in [2.05, 4.69) is 69.4 Å². The van der Waals surface area contributed by atoms with Gasteiger partial charge in [-0.25, -0.2) is 0 Å². The summed E-state index contributed by atoms with van der Waals surface area (Å²) in [6.07, 6.45) is 4.72. The van der Waals surface area contributed by atoms with Crippen LogP contribution in [0.15, 0.2) is 48.5 Å². The van der Waals surface area contributed by atoms with Gasteiger partial charge in [0.2, 0.25) is 0 Å². The van der Waals surface area contributed by atoms with Gasteiger partial charge in [0.15, 0.2) is 0 Å². The number of halogens is 1. The highest BCUT2D eigenvalue weighted by atomic mass is 79.9. The second-order valence-electron chi connectivity index (χ2n) is 5.31. The van der Waals surface area contributed by atoms with Gasteiger partial charge in [-0.05, 0) is 48.9 Å². The Bertz CT molecular complexity index is 532. The number of unbranched alkanes of at least 4 members (excludes halogenated alkanes) is 1. The highest BCUT2D eigenvalue weighted by molar-refractivity contribution is 9.09. The van der Waals surface area contributed by atoms with Crippen molar-refractivity contribution in [3.05, 3.63) is 59.7 Å². The average molecular weight is 330 g/mol. The minimum atomic E-state index is 1.09. The van der Waals surface area contributed by atoms with Gasteiger partial charge >= 0.3 is 0 Å². The third kappa shape index (κ3) is 2.76. The summed E-state index contributed by atoms with van der Waals surface area (Å²) in [4.78, 5) is 2.51. The standard InChI is InChI=1S/C18H20BrN/c19-13-5-6-14-20-17-9-3-1-7-15(17)11-12-16-8-2-4-10-18(16)20/h1-4,7-10H,5-6,11-14H2. The molecule has 2 aromatic carbocycles. The number of anilines is 2. The maximum Gasteiger partial charge on any atom is 0.0443 e. The summed E-state index contributed by atoms with van der Waals surface area (Å²) in [5.74, 6) is 0. The molecule has 1 heterocycles. The lowest BCUT2D eigenvalue weighted by molar-refractivity contribution is 0.794. The molecule has 1 aliphatic rings. The molecule has 0 bridgehead atoms. The van der Waals surface area contributed by atoms with Crippen molar-refractivity contribution in [3.8, 4) is 0 Å². The van der Waals surface area contributed by atoms with Crippen LogP contribution in [0.2, 0.25) is 0 Å². The van der Waals surface area contributed by atoms with Gasteiger partial charge < -0.3 is 4.90 Å². The van der Waals surface area contributed by atoms with E-state index in [1.165, 1.54) is 35.3 Å². The van der Waals surface area contributed by atoms with Gasteiger partial charge in [0.1, 0.15) is 0 Å². The molecule has 0 aromatic heterocycles. The number of benzene rings is 2. The monoisotopic (exact) mass is 329 g/mol. The molecule has 0 saturated heterocycles. The van der Waals surface area contributed by atoms with Gasteiger partial charge in [-0.2, -0.15) is 0 Å². The van der Waals surface area contributed by atoms with Crippen LogP contribution in [0.1, 0.15) is 24.0 Å². The third-order valence-corrected chi connectivity index (χ3v) is 4.55. The van der Waals surface area contributed by atoms with Gasteiger partial charge in [0.05, 0.1) is 0 Å². The molecule has 104 valence electrons. The first-order valence-corrected chi connectivity index (χ1v) is 8.51. The highest BCUT2D eigenvalue weighted by Gasteiger charge is 2.19. The van der Waals surface area contributed by atoms with E-state index >= 15 is 0 Å². The van der Waals surface area contributed by atoms with E-state index in [9.17, 15) is 0 Å². The maximum atomic E-state index is 3.53. The van der Waals surface area contributed by atoms with Crippen molar-refractivity contribution in [1.29, 1.82) is 0 Å². The minimum absolute atomic E-state index is 1.09. The van der Waals surface area contributed by atoms with Gasteiger partial charge in [0.25, 0.3) is 0 Å². The Morgan fingerprint density at radius 1 is 0.800 bits per heavy atom. The molecule has 0 atom stereocenters. The molecule has 0 amide bonds. The topological polar surface area (TPSA) is 3.24 Å². The first-order valence-electron chi connectivity index (χ1n) is 7.39. The summed E-state index contributed by atoms with van der Waals surface area (Å²) in [5.41, 5.74) is 5.74. The molecule has 2 heteroatoms. The summed E-state index contributed by atoms with van der Waals surface area (Å²) in [6, 6.07) is 17.7. The fraction of sp³-hybridized carbons (Fsp3) is 0.333. The van der Waals surface area contributed by atoms with E-state index < -0.39 is 0 Å². The molecule has 0 unspecified atom stereocenters. The van der Waals surface area contributed by atoms with Crippen LogP contribution in [0, 0.1) is 0 Å². The van der Waals surface area contributed by atoms with Crippen molar-refractivity contribution in [2.24, 2.45) is 0 Å². The van der Waals surface area contributed by atoms with E-state index in [0.717, 1.165) is 24.7 Å². The third-order valence-electron chi connectivity index (χ3n) is 3.99. The highest BCUT2D eigenvalue weighted by Crippen LogP contribution is 2.35. The van der Waals surface area contributed by atoms with Crippen LogP contribution < -0.4 is 4.90 Å². The lowest BCUT2D eigenvalue weighted by Crippen LogP contribution is -2.19. The first kappa shape index (κ1) is 13.7. The van der Waals surface area contributed by atoms with Crippen LogP contribution in [0.3, 0.4) is 0 Å². The van der Waals surface area contributed by atoms with Crippen LogP contribution in [0.4, 0.5) is 11.4 Å². The first-order chi connectivity index (χ1) is 9.90. The summed E-state index contributed by atoms with van der Waals surface area (Å²) in [5, 5.41) is 1.09. The van der Waals surface area contributed by atoms with E-state index in [0.29, 0.717) is 0 Å². The van der Waals surface area contributed by atoms with Crippen LogP contribution >= 0.6 is 15.9 Å². The largest absolute Gasteiger partial charge is 0.341 e. The molecule has 0 fully saturated rings. The smallest absolute Gasteiger partial charge is 0.0443 e. The number of para-hydroxylation sites is 2. The summed E-state index contributed by atoms with van der Waals surface area (Å²) < 4.78 is 0. The normalized spacial score (nSPS) is 13.6. The molecule has 0 saturated carbocycles. The van der Waals surface area contributed by atoms with Crippen molar-refractivity contribution in [1.82, 2.24) is 0 Å². The molecule has 1 aliphatic heterocycles. The molecule has 0 N–H and O–H groups in total. The zero-order chi connectivity index (χ0) is 13.8. The van der Waals surface area contributed by atoms with Crippen LogP contribution in [-0.4, -0.2) is 11.9 Å². The second-order valence-corrected chi connectivity index (χ2v) is 6.10. The molecular weight excluding hydrogens is 310 g/mol. The van der Waals surface area contributed by atoms with Crippen LogP contribution in [0.25, 0.3) is 0 Å². The Hall–Kier alpha value is -1.28. The molecule has 20 heavy (non-hydrogen) atoms. The van der Waals surface area contributed by atoms with E-state index in [1.54, 1.807) is 0 Å². The van der Waals surface area contributed by atoms with E-state index in [-0.39, 0.29) is 0 Å². The second kappa shape index (κ2) is 6.45. The van der Waals surface area contributed by atoms with Crippen molar-refractivity contribution in [3.63, 3.8) is 0 Å². The maximum absolute atomic E-state index is 3.53. The van der Waals surface area contributed by atoms with E-state index in [4.69, 9.17) is 0 Å². The average Bonchev–Trinajstić information content (AvgIpc) is 2.66. The van der Waals surface area contributed by atoms with Gasteiger partial charge in [-0.1, -0.05) is 52.3 Å². The summed E-state index contributed by atoms with van der Waals surface area (Å²) >= 11 is 3.53. The molecule has 3 rings (SSSR count). The molecule has 1 nitrogen and oxygen atoms in total. The Morgan fingerprint density at radius 3 is 1.90 bits per heavy atom. The summed E-state index contributed by atoms with van der Waals surface area (Å²) in [6.45, 7) is 1.10. The number of hydrogen-bond acceptors (Lipinski definition) is 1. The molecule has 0 aliphatic carbocycles. The minimum Gasteiger partial charge on any atom is -0.341 e. The number of rotatable bonds is 4. The predicted molar refractivity (Wildman–Crippen MR) is 90.3 cm³/mol. The Morgan fingerprint density at radius 2 is 1.35 bits per heavy atom. The fourth-order valence-electron chi connectivity index (χ4n) is 2.98. The Balaban J connectivity index is 2.00. The van der Waals surface area contributed by atoms with Crippen molar-refractivity contribution in [2.45, 2.75) is 25.7 Å². The Kier molecular flexibility index (Phi) is 4.41. The zero-order valence-corrected chi connectivity index (χ0v) is 13.3. The van der Waals surface area contributed by atoms with Gasteiger partial charge in [-0.3, -0.25) is 0 Å². The molecular formula is C18H20BrN. The van der Waals surface area contributed by atoms with Gasteiger partial charge in [0, 0.05) is 23.2 Å². The van der Waals surface area contributed by atoms with Crippen molar-refractivity contribution >= 4 is 27.3 Å². The van der Waals surface area contributed by atoms with Crippen molar-refractivity contribution in [2.75, 3.05) is 16.8 Å². The van der Waals surface area contributed by atoms with Crippen LogP contribution in [-0.2, 0) is 12.8 Å². The van der Waals surface area contributed by atoms with E-state index in [1.807, 2.05) is 0 Å². The molecule has 0 radical (unpaired) electrons. The van der Waals surface area contributed by atoms with Crippen molar-refractivity contribution < 1.29 is 0 Å². The zero-order valence-electron chi connectivity index (χ0n) is 11.7. The Labute approximate surface area is 129 Å². The summed E-state index contributed by atoms with van der Waals surface area (Å²) in [7, 11) is 0. The number of alkyl halides is 1.